The normalized spacial score (nSPS) is 16.1. The fourth-order valence-corrected chi connectivity index (χ4v) is 2.30. The van der Waals surface area contributed by atoms with Crippen molar-refractivity contribution in [2.45, 2.75) is 25.4 Å². The molecule has 1 saturated carbocycles. The Morgan fingerprint density at radius 3 is 2.92 bits per heavy atom. The summed E-state index contributed by atoms with van der Waals surface area (Å²) in [6.45, 7) is 1.99. The first kappa shape index (κ1) is 17.3. The first-order valence-corrected chi connectivity index (χ1v) is 8.17. The quantitative estimate of drug-likeness (QED) is 0.717. The Bertz CT molecular complexity index is 727. The smallest absolute Gasteiger partial charge is 0.319 e. The number of halogens is 1. The lowest BCUT2D eigenvalue weighted by atomic mass is 10.0. The lowest BCUT2D eigenvalue weighted by Crippen LogP contribution is -2.40. The summed E-state index contributed by atoms with van der Waals surface area (Å²) in [4.78, 5) is 12.1. The minimum atomic E-state index is -1.34. The molecule has 1 aliphatic carbocycles. The molecule has 134 valence electrons. The second-order valence-corrected chi connectivity index (χ2v) is 6.45. The molecule has 3 N–H and O–H groups in total. The van der Waals surface area contributed by atoms with Gasteiger partial charge in [-0.15, -0.1) is 0 Å². The summed E-state index contributed by atoms with van der Waals surface area (Å²) in [5, 5.41) is 15.5. The molecule has 0 aliphatic heterocycles. The molecule has 0 saturated heterocycles. The largest absolute Gasteiger partial charge is 0.491 e. The van der Waals surface area contributed by atoms with Crippen LogP contribution in [0, 0.1) is 11.7 Å². The summed E-state index contributed by atoms with van der Waals surface area (Å²) in [6.07, 6.45) is 3.67. The first-order valence-electron chi connectivity index (χ1n) is 8.17. The maximum absolute atomic E-state index is 13.4. The minimum absolute atomic E-state index is 0.0498. The fourth-order valence-electron chi connectivity index (χ4n) is 2.30. The van der Waals surface area contributed by atoms with E-state index in [2.05, 4.69) is 10.6 Å². The third-order valence-corrected chi connectivity index (χ3v) is 4.01. The Hall–Kier alpha value is -2.54. The summed E-state index contributed by atoms with van der Waals surface area (Å²) in [7, 11) is 0. The van der Waals surface area contributed by atoms with Gasteiger partial charge in [-0.3, -0.25) is 0 Å². The van der Waals surface area contributed by atoms with Gasteiger partial charge in [0.05, 0.1) is 25.1 Å². The topological polar surface area (TPSA) is 83.7 Å². The summed E-state index contributed by atoms with van der Waals surface area (Å²) < 4.78 is 24.2. The SMILES string of the molecule is CC(O)(CNC(=O)Nc1ccc(F)cc1OCC1CC1)c1ccco1. The Morgan fingerprint density at radius 1 is 1.44 bits per heavy atom. The Kier molecular flexibility index (Phi) is 4.94. The van der Waals surface area contributed by atoms with Gasteiger partial charge in [0.25, 0.3) is 0 Å². The van der Waals surface area contributed by atoms with Gasteiger partial charge in [0.1, 0.15) is 22.9 Å². The first-order chi connectivity index (χ1) is 11.9. The van der Waals surface area contributed by atoms with E-state index in [-0.39, 0.29) is 6.54 Å². The number of ether oxygens (including phenoxy) is 1. The van der Waals surface area contributed by atoms with Crippen molar-refractivity contribution in [1.29, 1.82) is 0 Å². The molecule has 1 fully saturated rings. The summed E-state index contributed by atoms with van der Waals surface area (Å²) in [5.41, 5.74) is -0.966. The lowest BCUT2D eigenvalue weighted by Gasteiger charge is -2.21. The zero-order chi connectivity index (χ0) is 17.9. The number of amides is 2. The van der Waals surface area contributed by atoms with Crippen LogP contribution in [0.3, 0.4) is 0 Å². The minimum Gasteiger partial charge on any atom is -0.491 e. The molecule has 2 aromatic rings. The number of urea groups is 1. The van der Waals surface area contributed by atoms with E-state index >= 15 is 0 Å². The molecule has 1 unspecified atom stereocenters. The zero-order valence-electron chi connectivity index (χ0n) is 13.9. The van der Waals surface area contributed by atoms with Crippen LogP contribution in [0.25, 0.3) is 0 Å². The molecule has 6 nitrogen and oxygen atoms in total. The van der Waals surface area contributed by atoms with Gasteiger partial charge in [-0.25, -0.2) is 9.18 Å². The van der Waals surface area contributed by atoms with Crippen molar-refractivity contribution >= 4 is 11.7 Å². The van der Waals surface area contributed by atoms with Crippen molar-refractivity contribution in [3.8, 4) is 5.75 Å². The molecule has 0 radical (unpaired) electrons. The maximum Gasteiger partial charge on any atom is 0.319 e. The molecule has 0 bridgehead atoms. The number of rotatable bonds is 7. The van der Waals surface area contributed by atoms with Crippen LogP contribution in [0.5, 0.6) is 5.75 Å². The molecule has 1 heterocycles. The van der Waals surface area contributed by atoms with Gasteiger partial charge in [-0.05, 0) is 49.9 Å². The highest BCUT2D eigenvalue weighted by Crippen LogP contribution is 2.32. The molecular weight excluding hydrogens is 327 g/mol. The monoisotopic (exact) mass is 348 g/mol. The molecule has 1 aliphatic rings. The van der Waals surface area contributed by atoms with Crippen molar-refractivity contribution in [1.82, 2.24) is 5.32 Å². The molecule has 1 atom stereocenters. The summed E-state index contributed by atoms with van der Waals surface area (Å²) >= 11 is 0. The highest BCUT2D eigenvalue weighted by Gasteiger charge is 2.27. The second kappa shape index (κ2) is 7.14. The van der Waals surface area contributed by atoms with Crippen molar-refractivity contribution in [3.63, 3.8) is 0 Å². The molecule has 0 spiro atoms. The van der Waals surface area contributed by atoms with Crippen LogP contribution >= 0.6 is 0 Å². The number of nitrogens with one attached hydrogen (secondary N) is 2. The third-order valence-electron chi connectivity index (χ3n) is 4.01. The van der Waals surface area contributed by atoms with Crippen LogP contribution in [0.2, 0.25) is 0 Å². The highest BCUT2D eigenvalue weighted by molar-refractivity contribution is 5.90. The fraction of sp³-hybridized carbons (Fsp3) is 0.389. The van der Waals surface area contributed by atoms with E-state index in [1.165, 1.54) is 31.4 Å². The van der Waals surface area contributed by atoms with E-state index in [0.29, 0.717) is 29.7 Å². The van der Waals surface area contributed by atoms with Gasteiger partial charge in [0, 0.05) is 6.07 Å². The van der Waals surface area contributed by atoms with E-state index in [4.69, 9.17) is 9.15 Å². The van der Waals surface area contributed by atoms with E-state index in [0.717, 1.165) is 12.8 Å². The van der Waals surface area contributed by atoms with Crippen molar-refractivity contribution < 1.29 is 23.4 Å². The van der Waals surface area contributed by atoms with Crippen LogP contribution in [0.1, 0.15) is 25.5 Å². The number of furan rings is 1. The van der Waals surface area contributed by atoms with Gasteiger partial charge in [0.2, 0.25) is 0 Å². The van der Waals surface area contributed by atoms with Crippen LogP contribution in [-0.2, 0) is 5.60 Å². The average molecular weight is 348 g/mol. The van der Waals surface area contributed by atoms with E-state index in [1.54, 1.807) is 12.1 Å². The Labute approximate surface area is 145 Å². The standard InChI is InChI=1S/C18H21FN2O4/c1-18(23,16-3-2-8-24-16)11-20-17(22)21-14-7-6-13(19)9-15(14)25-10-12-4-5-12/h2-3,6-9,12,23H,4-5,10-11H2,1H3,(H2,20,21,22). The predicted octanol–water partition coefficient (Wildman–Crippen LogP) is 3.24. The van der Waals surface area contributed by atoms with Crippen molar-refractivity contribution in [2.24, 2.45) is 5.92 Å². The van der Waals surface area contributed by atoms with Gasteiger partial charge in [0.15, 0.2) is 0 Å². The average Bonchev–Trinajstić information content (AvgIpc) is 3.23. The van der Waals surface area contributed by atoms with Crippen LogP contribution in [0.4, 0.5) is 14.9 Å². The molecule has 2 amide bonds. The summed E-state index contributed by atoms with van der Waals surface area (Å²) in [5.74, 6) is 0.716. The Morgan fingerprint density at radius 2 is 2.24 bits per heavy atom. The van der Waals surface area contributed by atoms with Gasteiger partial charge >= 0.3 is 6.03 Å². The van der Waals surface area contributed by atoms with E-state index in [9.17, 15) is 14.3 Å². The number of carbonyl (C=O) groups excluding carboxylic acids is 1. The summed E-state index contributed by atoms with van der Waals surface area (Å²) in [6, 6.07) is 6.70. The van der Waals surface area contributed by atoms with Crippen LogP contribution in [-0.4, -0.2) is 24.3 Å². The molecule has 3 rings (SSSR count). The molecule has 1 aromatic heterocycles. The number of benzene rings is 1. The van der Waals surface area contributed by atoms with Crippen molar-refractivity contribution in [2.75, 3.05) is 18.5 Å². The van der Waals surface area contributed by atoms with Crippen molar-refractivity contribution in [3.05, 3.63) is 48.2 Å². The van der Waals surface area contributed by atoms with Crippen LogP contribution < -0.4 is 15.4 Å². The zero-order valence-corrected chi connectivity index (χ0v) is 13.9. The second-order valence-electron chi connectivity index (χ2n) is 6.45. The van der Waals surface area contributed by atoms with Gasteiger partial charge < -0.3 is 24.9 Å². The number of hydrogen-bond donors (Lipinski definition) is 3. The van der Waals surface area contributed by atoms with Gasteiger partial charge in [-0.1, -0.05) is 0 Å². The third kappa shape index (κ3) is 4.73. The van der Waals surface area contributed by atoms with Crippen LogP contribution in [0.15, 0.2) is 41.0 Å². The highest BCUT2D eigenvalue weighted by atomic mass is 19.1. The maximum atomic E-state index is 13.4. The Balaban J connectivity index is 1.58. The van der Waals surface area contributed by atoms with E-state index in [1.807, 2.05) is 0 Å². The predicted molar refractivity (Wildman–Crippen MR) is 89.9 cm³/mol. The number of aliphatic hydroxyl groups is 1. The number of carbonyl (C=O) groups is 1. The molecule has 1 aromatic carbocycles. The van der Waals surface area contributed by atoms with Gasteiger partial charge in [-0.2, -0.15) is 0 Å². The number of anilines is 1. The molecule has 7 heteroatoms. The van der Waals surface area contributed by atoms with E-state index < -0.39 is 17.4 Å². The molecule has 25 heavy (non-hydrogen) atoms. The lowest BCUT2D eigenvalue weighted by molar-refractivity contribution is 0.0372. The molecular formula is C18H21FN2O4. The number of hydrogen-bond acceptors (Lipinski definition) is 4.